The van der Waals surface area contributed by atoms with Gasteiger partial charge in [-0.3, -0.25) is 4.79 Å². The Morgan fingerprint density at radius 2 is 2.20 bits per heavy atom. The van der Waals surface area contributed by atoms with E-state index in [1.807, 2.05) is 10.6 Å². The molecule has 1 fully saturated rings. The van der Waals surface area contributed by atoms with Crippen LogP contribution in [-0.2, 0) is 29.7 Å². The van der Waals surface area contributed by atoms with E-state index in [2.05, 4.69) is 0 Å². The van der Waals surface area contributed by atoms with Gasteiger partial charge in [-0.05, 0) is 57.6 Å². The number of rotatable bonds is 3. The fourth-order valence-corrected chi connectivity index (χ4v) is 3.34. The molecular weight excluding hydrogens is 254 g/mol. The molecule has 0 saturated carbocycles. The maximum absolute atomic E-state index is 12.7. The van der Waals surface area contributed by atoms with Gasteiger partial charge in [0.05, 0.1) is 18.2 Å². The highest BCUT2D eigenvalue weighted by Crippen LogP contribution is 2.26. The van der Waals surface area contributed by atoms with E-state index in [4.69, 9.17) is 4.74 Å². The largest absolute Gasteiger partial charge is 0.386 e. The third-order valence-corrected chi connectivity index (χ3v) is 4.42. The van der Waals surface area contributed by atoms with Crippen LogP contribution in [-0.4, -0.2) is 22.4 Å². The third-order valence-electron chi connectivity index (χ3n) is 4.42. The van der Waals surface area contributed by atoms with E-state index in [0.29, 0.717) is 12.1 Å². The summed E-state index contributed by atoms with van der Waals surface area (Å²) in [5.41, 5.74) is 1.75. The van der Waals surface area contributed by atoms with Gasteiger partial charge in [0, 0.05) is 17.9 Å². The van der Waals surface area contributed by atoms with Crippen LogP contribution in [0.5, 0.6) is 0 Å². The van der Waals surface area contributed by atoms with Crippen LogP contribution in [0.2, 0.25) is 0 Å². The number of hydrogen-bond acceptors (Lipinski definition) is 3. The van der Waals surface area contributed by atoms with Gasteiger partial charge >= 0.3 is 0 Å². The number of aromatic nitrogens is 1. The Hall–Kier alpha value is -1.13. The van der Waals surface area contributed by atoms with Crippen molar-refractivity contribution in [3.05, 3.63) is 33.2 Å². The van der Waals surface area contributed by atoms with Crippen LogP contribution < -0.4 is 5.56 Å². The minimum Gasteiger partial charge on any atom is -0.386 e. The molecule has 1 aromatic rings. The molecule has 0 aromatic carbocycles. The lowest BCUT2D eigenvalue weighted by molar-refractivity contribution is 0.0740. The standard InChI is InChI=1S/C16H23NO3/c1-16(2,19)13-9-11-5-3-7-14(11)17(15(13)18)10-12-6-4-8-20-12/h9,12,19H,3-8,10H2,1-2H3. The quantitative estimate of drug-likeness (QED) is 0.915. The van der Waals surface area contributed by atoms with E-state index in [9.17, 15) is 9.90 Å². The molecule has 4 nitrogen and oxygen atoms in total. The highest BCUT2D eigenvalue weighted by molar-refractivity contribution is 5.33. The first kappa shape index (κ1) is 13.8. The van der Waals surface area contributed by atoms with Crippen molar-refractivity contribution in [2.75, 3.05) is 6.61 Å². The number of ether oxygens (including phenoxy) is 1. The molecule has 0 amide bonds. The van der Waals surface area contributed by atoms with E-state index in [1.54, 1.807) is 13.8 Å². The van der Waals surface area contributed by atoms with E-state index >= 15 is 0 Å². The zero-order valence-electron chi connectivity index (χ0n) is 12.3. The highest BCUT2D eigenvalue weighted by atomic mass is 16.5. The second-order valence-electron chi connectivity index (χ2n) is 6.49. The second kappa shape index (κ2) is 5.01. The Bertz CT molecular complexity index is 562. The summed E-state index contributed by atoms with van der Waals surface area (Å²) in [5.74, 6) is 0. The van der Waals surface area contributed by atoms with E-state index in [0.717, 1.165) is 44.4 Å². The molecule has 1 N–H and O–H groups in total. The number of hydrogen-bond donors (Lipinski definition) is 1. The van der Waals surface area contributed by atoms with Gasteiger partial charge in [0.1, 0.15) is 0 Å². The summed E-state index contributed by atoms with van der Waals surface area (Å²) < 4.78 is 7.54. The molecule has 1 aliphatic heterocycles. The minimum absolute atomic E-state index is 0.0475. The lowest BCUT2D eigenvalue weighted by atomic mass is 9.97. The van der Waals surface area contributed by atoms with Crippen molar-refractivity contribution in [2.24, 2.45) is 0 Å². The molecule has 1 aliphatic carbocycles. The van der Waals surface area contributed by atoms with Gasteiger partial charge in [-0.15, -0.1) is 0 Å². The lowest BCUT2D eigenvalue weighted by Crippen LogP contribution is -2.36. The number of aryl methyl sites for hydroxylation is 1. The van der Waals surface area contributed by atoms with Crippen LogP contribution in [0.3, 0.4) is 0 Å². The molecule has 4 heteroatoms. The normalized spacial score (nSPS) is 22.2. The lowest BCUT2D eigenvalue weighted by Gasteiger charge is -2.22. The smallest absolute Gasteiger partial charge is 0.256 e. The van der Waals surface area contributed by atoms with Gasteiger partial charge < -0.3 is 14.4 Å². The first-order valence-corrected chi connectivity index (χ1v) is 7.57. The molecule has 20 heavy (non-hydrogen) atoms. The molecule has 1 atom stereocenters. The van der Waals surface area contributed by atoms with E-state index in [-0.39, 0.29) is 11.7 Å². The van der Waals surface area contributed by atoms with Crippen molar-refractivity contribution < 1.29 is 9.84 Å². The van der Waals surface area contributed by atoms with E-state index in [1.165, 1.54) is 5.56 Å². The molecule has 3 rings (SSSR count). The highest BCUT2D eigenvalue weighted by Gasteiger charge is 2.28. The third kappa shape index (κ3) is 2.42. The molecular formula is C16H23NO3. The molecule has 1 unspecified atom stereocenters. The van der Waals surface area contributed by atoms with Crippen LogP contribution in [0, 0.1) is 0 Å². The Morgan fingerprint density at radius 3 is 2.85 bits per heavy atom. The molecule has 0 spiro atoms. The van der Waals surface area contributed by atoms with Crippen LogP contribution in [0.15, 0.2) is 10.9 Å². The number of nitrogens with zero attached hydrogens (tertiary/aromatic N) is 1. The molecule has 2 heterocycles. The first-order chi connectivity index (χ1) is 9.47. The SMILES string of the molecule is CC(C)(O)c1cc2c(n(CC3CCCO3)c1=O)CCC2. The van der Waals surface area contributed by atoms with Crippen molar-refractivity contribution in [1.82, 2.24) is 4.57 Å². The molecule has 2 aliphatic rings. The van der Waals surface area contributed by atoms with Crippen molar-refractivity contribution in [1.29, 1.82) is 0 Å². The van der Waals surface area contributed by atoms with Gasteiger partial charge in [0.25, 0.3) is 5.56 Å². The molecule has 0 radical (unpaired) electrons. The summed E-state index contributed by atoms with van der Waals surface area (Å²) in [6, 6.07) is 1.91. The predicted octanol–water partition coefficient (Wildman–Crippen LogP) is 1.74. The number of fused-ring (bicyclic) bond motifs is 1. The van der Waals surface area contributed by atoms with Crippen LogP contribution in [0.1, 0.15) is 49.9 Å². The summed E-state index contributed by atoms with van der Waals surface area (Å²) in [7, 11) is 0. The van der Waals surface area contributed by atoms with E-state index < -0.39 is 5.60 Å². The summed E-state index contributed by atoms with van der Waals surface area (Å²) in [5, 5.41) is 10.2. The monoisotopic (exact) mass is 277 g/mol. The zero-order chi connectivity index (χ0) is 14.3. The Balaban J connectivity index is 2.06. The van der Waals surface area contributed by atoms with Gasteiger partial charge in [0.2, 0.25) is 0 Å². The van der Waals surface area contributed by atoms with Crippen LogP contribution in [0.25, 0.3) is 0 Å². The van der Waals surface area contributed by atoms with Crippen molar-refractivity contribution in [2.45, 2.75) is 64.2 Å². The zero-order valence-corrected chi connectivity index (χ0v) is 12.3. The average Bonchev–Trinajstić information content (AvgIpc) is 3.01. The second-order valence-corrected chi connectivity index (χ2v) is 6.49. The Kier molecular flexibility index (Phi) is 3.46. The molecule has 1 saturated heterocycles. The molecule has 1 aromatic heterocycles. The number of aliphatic hydroxyl groups is 1. The minimum atomic E-state index is -1.09. The maximum atomic E-state index is 12.7. The van der Waals surface area contributed by atoms with Crippen LogP contribution >= 0.6 is 0 Å². The average molecular weight is 277 g/mol. The fraction of sp³-hybridized carbons (Fsp3) is 0.688. The van der Waals surface area contributed by atoms with Gasteiger partial charge in [-0.1, -0.05) is 0 Å². The molecule has 110 valence electrons. The van der Waals surface area contributed by atoms with Gasteiger partial charge in [0.15, 0.2) is 0 Å². The first-order valence-electron chi connectivity index (χ1n) is 7.57. The molecule has 0 bridgehead atoms. The fourth-order valence-electron chi connectivity index (χ4n) is 3.34. The summed E-state index contributed by atoms with van der Waals surface area (Å²) in [6.45, 7) is 4.79. The summed E-state index contributed by atoms with van der Waals surface area (Å²) >= 11 is 0. The Labute approximate surface area is 119 Å². The number of pyridine rings is 1. The van der Waals surface area contributed by atoms with Crippen molar-refractivity contribution >= 4 is 0 Å². The van der Waals surface area contributed by atoms with Gasteiger partial charge in [-0.2, -0.15) is 0 Å². The summed E-state index contributed by atoms with van der Waals surface area (Å²) in [4.78, 5) is 12.7. The maximum Gasteiger partial charge on any atom is 0.256 e. The van der Waals surface area contributed by atoms with Crippen molar-refractivity contribution in [3.8, 4) is 0 Å². The Morgan fingerprint density at radius 1 is 1.40 bits per heavy atom. The summed E-state index contributed by atoms with van der Waals surface area (Å²) in [6.07, 6.45) is 5.30. The van der Waals surface area contributed by atoms with Gasteiger partial charge in [-0.25, -0.2) is 0 Å². The predicted molar refractivity (Wildman–Crippen MR) is 76.9 cm³/mol. The van der Waals surface area contributed by atoms with Crippen molar-refractivity contribution in [3.63, 3.8) is 0 Å². The van der Waals surface area contributed by atoms with Crippen LogP contribution in [0.4, 0.5) is 0 Å². The topological polar surface area (TPSA) is 51.5 Å².